The van der Waals surface area contributed by atoms with Gasteiger partial charge in [0.25, 0.3) is 0 Å². The molecule has 0 heterocycles. The van der Waals surface area contributed by atoms with Crippen LogP contribution in [0.3, 0.4) is 0 Å². The second kappa shape index (κ2) is 4.80. The lowest BCUT2D eigenvalue weighted by Gasteiger charge is -2.64. The molecule has 8 saturated carbocycles. The highest BCUT2D eigenvalue weighted by atomic mass is 14.8. The van der Waals surface area contributed by atoms with Gasteiger partial charge in [0.2, 0.25) is 0 Å². The fraction of sp³-hybridized carbons (Fsp3) is 1.00. The highest BCUT2D eigenvalue weighted by Gasteiger charge is 2.58. The minimum absolute atomic E-state index is 0.225. The molecule has 2 unspecified atom stereocenters. The molecular formula is C22H38N2. The molecule has 0 aromatic carbocycles. The molecule has 0 saturated heterocycles. The van der Waals surface area contributed by atoms with Gasteiger partial charge in [0.05, 0.1) is 0 Å². The Balaban J connectivity index is 0.000000110. The summed E-state index contributed by atoms with van der Waals surface area (Å²) in [7, 11) is 0. The van der Waals surface area contributed by atoms with E-state index in [4.69, 9.17) is 11.5 Å². The summed E-state index contributed by atoms with van der Waals surface area (Å²) in [4.78, 5) is 0. The van der Waals surface area contributed by atoms with E-state index in [-0.39, 0.29) is 5.54 Å². The van der Waals surface area contributed by atoms with E-state index in [1.165, 1.54) is 77.0 Å². The van der Waals surface area contributed by atoms with Crippen molar-refractivity contribution in [3.63, 3.8) is 0 Å². The summed E-state index contributed by atoms with van der Waals surface area (Å²) in [6.45, 7) is 4.94. The smallest absolute Gasteiger partial charge is 0.0167 e. The van der Waals surface area contributed by atoms with E-state index in [0.717, 1.165) is 23.7 Å². The Bertz CT molecular complexity index is 452. The fourth-order valence-electron chi connectivity index (χ4n) is 9.71. The van der Waals surface area contributed by atoms with Crippen molar-refractivity contribution in [3.05, 3.63) is 0 Å². The van der Waals surface area contributed by atoms with E-state index >= 15 is 0 Å². The third-order valence-electron chi connectivity index (χ3n) is 8.75. The SMILES string of the molecule is CC12CC3CC(C)(C1)CC(N)(C3)C2.NC12CC3CC(CC(C3)C1)C2. The average molecular weight is 331 g/mol. The second-order valence-electron chi connectivity index (χ2n) is 12.3. The molecule has 8 bridgehead atoms. The highest BCUT2D eigenvalue weighted by Crippen LogP contribution is 2.65. The number of rotatable bonds is 0. The van der Waals surface area contributed by atoms with Crippen LogP contribution in [0.25, 0.3) is 0 Å². The van der Waals surface area contributed by atoms with E-state index in [1.54, 1.807) is 0 Å². The minimum atomic E-state index is 0.225. The molecule has 0 radical (unpaired) electrons. The van der Waals surface area contributed by atoms with Gasteiger partial charge in [-0.05, 0) is 112 Å². The summed E-state index contributed by atoms with van der Waals surface area (Å²) in [6, 6.07) is 0. The maximum atomic E-state index is 6.49. The Morgan fingerprint density at radius 3 is 1.29 bits per heavy atom. The Labute approximate surface area is 148 Å². The van der Waals surface area contributed by atoms with Crippen LogP contribution in [-0.2, 0) is 0 Å². The van der Waals surface area contributed by atoms with E-state index in [9.17, 15) is 0 Å². The normalized spacial score (nSPS) is 62.5. The van der Waals surface area contributed by atoms with E-state index in [2.05, 4.69) is 13.8 Å². The summed E-state index contributed by atoms with van der Waals surface area (Å²) < 4.78 is 0. The lowest BCUT2D eigenvalue weighted by atomic mass is 9.43. The summed E-state index contributed by atoms with van der Waals surface area (Å²) in [6.07, 6.45) is 16.8. The maximum absolute atomic E-state index is 6.49. The van der Waals surface area contributed by atoms with Crippen LogP contribution >= 0.6 is 0 Å². The molecule has 8 fully saturated rings. The zero-order valence-electron chi connectivity index (χ0n) is 15.9. The van der Waals surface area contributed by atoms with Crippen molar-refractivity contribution in [2.45, 2.75) is 102 Å². The number of nitrogens with two attached hydrogens (primary N) is 2. The zero-order chi connectivity index (χ0) is 16.8. The quantitative estimate of drug-likeness (QED) is 0.681. The molecule has 0 aromatic rings. The second-order valence-corrected chi connectivity index (χ2v) is 12.3. The van der Waals surface area contributed by atoms with Crippen molar-refractivity contribution in [3.8, 4) is 0 Å². The molecular weight excluding hydrogens is 292 g/mol. The molecule has 24 heavy (non-hydrogen) atoms. The Morgan fingerprint density at radius 1 is 0.542 bits per heavy atom. The summed E-state index contributed by atoms with van der Waals surface area (Å²) in [5.41, 5.74) is 14.5. The largest absolute Gasteiger partial charge is 0.325 e. The van der Waals surface area contributed by atoms with Gasteiger partial charge in [0.15, 0.2) is 0 Å². The van der Waals surface area contributed by atoms with E-state index < -0.39 is 0 Å². The van der Waals surface area contributed by atoms with Gasteiger partial charge in [-0.25, -0.2) is 0 Å². The van der Waals surface area contributed by atoms with Gasteiger partial charge in [-0.1, -0.05) is 13.8 Å². The van der Waals surface area contributed by atoms with Crippen LogP contribution in [0.2, 0.25) is 0 Å². The van der Waals surface area contributed by atoms with E-state index in [0.29, 0.717) is 16.4 Å². The topological polar surface area (TPSA) is 52.0 Å². The number of hydrogen-bond acceptors (Lipinski definition) is 2. The molecule has 0 spiro atoms. The molecule has 8 aliphatic rings. The van der Waals surface area contributed by atoms with Gasteiger partial charge >= 0.3 is 0 Å². The Kier molecular flexibility index (Phi) is 3.22. The molecule has 8 aliphatic carbocycles. The first-order valence-electron chi connectivity index (χ1n) is 10.7. The fourth-order valence-corrected chi connectivity index (χ4v) is 9.71. The predicted molar refractivity (Wildman–Crippen MR) is 99.4 cm³/mol. The van der Waals surface area contributed by atoms with Crippen molar-refractivity contribution in [1.82, 2.24) is 0 Å². The molecule has 0 amide bonds. The van der Waals surface area contributed by atoms with Crippen molar-refractivity contribution in [2.75, 3.05) is 0 Å². The summed E-state index contributed by atoms with van der Waals surface area (Å²) in [5.74, 6) is 4.01. The molecule has 4 N–H and O–H groups in total. The average Bonchev–Trinajstić information content (AvgIpc) is 2.29. The van der Waals surface area contributed by atoms with Crippen LogP contribution in [0.5, 0.6) is 0 Å². The standard InChI is InChI=1S/C12H21N.C10H17N/c1-10-3-9-4-11(2,6-10)8-12(13,5-9)7-10;11-10-4-7-1-8(5-10)3-9(2-7)6-10/h9H,3-8,13H2,1-2H3;7-9H,1-6,11H2. The molecule has 2 atom stereocenters. The zero-order valence-corrected chi connectivity index (χ0v) is 15.9. The van der Waals surface area contributed by atoms with Crippen LogP contribution in [0, 0.1) is 34.5 Å². The first kappa shape index (κ1) is 16.1. The van der Waals surface area contributed by atoms with Gasteiger partial charge in [0, 0.05) is 11.1 Å². The van der Waals surface area contributed by atoms with Crippen LogP contribution in [0.15, 0.2) is 0 Å². The van der Waals surface area contributed by atoms with Crippen LogP contribution < -0.4 is 11.5 Å². The van der Waals surface area contributed by atoms with Gasteiger partial charge in [0.1, 0.15) is 0 Å². The maximum Gasteiger partial charge on any atom is 0.0167 e. The van der Waals surface area contributed by atoms with Crippen molar-refractivity contribution in [2.24, 2.45) is 46.0 Å². The third-order valence-corrected chi connectivity index (χ3v) is 8.75. The Morgan fingerprint density at radius 2 is 0.958 bits per heavy atom. The van der Waals surface area contributed by atoms with Crippen molar-refractivity contribution >= 4 is 0 Å². The monoisotopic (exact) mass is 330 g/mol. The van der Waals surface area contributed by atoms with Gasteiger partial charge < -0.3 is 11.5 Å². The molecule has 0 aromatic heterocycles. The lowest BCUT2D eigenvalue weighted by molar-refractivity contribution is -0.104. The highest BCUT2D eigenvalue weighted by molar-refractivity contribution is 5.13. The third kappa shape index (κ3) is 2.67. The minimum Gasteiger partial charge on any atom is -0.325 e. The van der Waals surface area contributed by atoms with Crippen LogP contribution in [0.1, 0.15) is 90.9 Å². The van der Waals surface area contributed by atoms with Gasteiger partial charge in [-0.2, -0.15) is 0 Å². The van der Waals surface area contributed by atoms with Gasteiger partial charge in [-0.3, -0.25) is 0 Å². The van der Waals surface area contributed by atoms with Crippen molar-refractivity contribution in [1.29, 1.82) is 0 Å². The predicted octanol–water partition coefficient (Wildman–Crippen LogP) is 4.61. The van der Waals surface area contributed by atoms with Gasteiger partial charge in [-0.15, -0.1) is 0 Å². The first-order valence-corrected chi connectivity index (χ1v) is 10.7. The Hall–Kier alpha value is -0.0800. The molecule has 2 heteroatoms. The molecule has 2 nitrogen and oxygen atoms in total. The summed E-state index contributed by atoms with van der Waals surface area (Å²) >= 11 is 0. The van der Waals surface area contributed by atoms with Crippen LogP contribution in [0.4, 0.5) is 0 Å². The van der Waals surface area contributed by atoms with E-state index in [1.807, 2.05) is 0 Å². The first-order chi connectivity index (χ1) is 11.1. The van der Waals surface area contributed by atoms with Crippen molar-refractivity contribution < 1.29 is 0 Å². The van der Waals surface area contributed by atoms with Crippen LogP contribution in [-0.4, -0.2) is 11.1 Å². The molecule has 8 rings (SSSR count). The molecule has 0 aliphatic heterocycles. The summed E-state index contributed by atoms with van der Waals surface area (Å²) in [5, 5.41) is 0. The number of hydrogen-bond donors (Lipinski definition) is 2. The lowest BCUT2D eigenvalue weighted by Crippen LogP contribution is -2.62. The molecule has 136 valence electrons.